The molecule has 0 bridgehead atoms. The largest absolute Gasteiger partial charge is 0.381 e. The molecule has 1 atom stereocenters. The van der Waals surface area contributed by atoms with Gasteiger partial charge in [0.15, 0.2) is 0 Å². The van der Waals surface area contributed by atoms with Gasteiger partial charge in [0.25, 0.3) is 5.91 Å². The zero-order chi connectivity index (χ0) is 22.8. The molecule has 1 unspecified atom stereocenters. The number of amides is 1. The predicted molar refractivity (Wildman–Crippen MR) is 129 cm³/mol. The third-order valence-electron chi connectivity index (χ3n) is 7.42. The maximum atomic E-state index is 12.5. The predicted octanol–water partition coefficient (Wildman–Crippen LogP) is 3.97. The van der Waals surface area contributed by atoms with Gasteiger partial charge >= 0.3 is 0 Å². The van der Waals surface area contributed by atoms with Crippen LogP contribution in [0.1, 0.15) is 72.5 Å². The van der Waals surface area contributed by atoms with Crippen molar-refractivity contribution in [1.29, 1.82) is 0 Å². The van der Waals surface area contributed by atoms with Gasteiger partial charge < -0.3 is 20.0 Å². The third-order valence-corrected chi connectivity index (χ3v) is 7.42. The molecule has 7 heteroatoms. The summed E-state index contributed by atoms with van der Waals surface area (Å²) in [7, 11) is 0. The number of benzene rings is 1. The molecule has 7 nitrogen and oxygen atoms in total. The van der Waals surface area contributed by atoms with Gasteiger partial charge in [0, 0.05) is 55.4 Å². The fraction of sp³-hybridized carbons (Fsp3) is 0.538. The number of carbonyl (C=O) groups excluding carboxylic acids is 1. The van der Waals surface area contributed by atoms with E-state index in [0.717, 1.165) is 88.4 Å². The highest BCUT2D eigenvalue weighted by atomic mass is 16.5. The number of H-pyrrole nitrogens is 1. The first-order valence-electron chi connectivity index (χ1n) is 12.4. The molecule has 1 saturated heterocycles. The lowest BCUT2D eigenvalue weighted by Gasteiger charge is -2.37. The molecule has 33 heavy (non-hydrogen) atoms. The Labute approximate surface area is 195 Å². The summed E-state index contributed by atoms with van der Waals surface area (Å²) in [4.78, 5) is 23.3. The second-order valence-corrected chi connectivity index (χ2v) is 9.49. The van der Waals surface area contributed by atoms with Crippen molar-refractivity contribution in [2.75, 3.05) is 19.8 Å². The standard InChI is InChI=1S/C26H35N5O2/c1-2-3-6-18(15-19-16-28-22-8-5-4-7-21(19)22)25-24(26(27)32)29-23-17-30(11-12-31(23)25)20-9-13-33-14-10-20/h4-5,7-8,16,18,20,28H,2-3,6,9-15,17H2,1H3,(H2,27,32). The van der Waals surface area contributed by atoms with Crippen LogP contribution in [-0.2, 0) is 24.2 Å². The van der Waals surface area contributed by atoms with Crippen LogP contribution >= 0.6 is 0 Å². The van der Waals surface area contributed by atoms with Gasteiger partial charge in [-0.1, -0.05) is 38.0 Å². The van der Waals surface area contributed by atoms with Crippen LogP contribution in [0.3, 0.4) is 0 Å². The number of fused-ring (bicyclic) bond motifs is 2. The number of nitrogens with two attached hydrogens (primary N) is 1. The van der Waals surface area contributed by atoms with E-state index in [1.54, 1.807) is 0 Å². The van der Waals surface area contributed by atoms with E-state index >= 15 is 0 Å². The average Bonchev–Trinajstić information content (AvgIpc) is 3.43. The topological polar surface area (TPSA) is 89.2 Å². The molecule has 0 aliphatic carbocycles. The van der Waals surface area contributed by atoms with Gasteiger partial charge in [-0.2, -0.15) is 0 Å². The number of unbranched alkanes of at least 4 members (excludes halogenated alkanes) is 1. The maximum Gasteiger partial charge on any atom is 0.269 e. The van der Waals surface area contributed by atoms with Crippen molar-refractivity contribution in [1.82, 2.24) is 19.4 Å². The second-order valence-electron chi connectivity index (χ2n) is 9.49. The third kappa shape index (κ3) is 4.44. The summed E-state index contributed by atoms with van der Waals surface area (Å²) in [6.45, 7) is 6.49. The number of hydrogen-bond donors (Lipinski definition) is 2. The van der Waals surface area contributed by atoms with Crippen LogP contribution in [-0.4, -0.2) is 51.1 Å². The van der Waals surface area contributed by atoms with E-state index in [1.165, 1.54) is 10.9 Å². The summed E-state index contributed by atoms with van der Waals surface area (Å²) < 4.78 is 7.86. The monoisotopic (exact) mass is 449 g/mol. The lowest BCUT2D eigenvalue weighted by atomic mass is 9.89. The molecule has 176 valence electrons. The van der Waals surface area contributed by atoms with Gasteiger partial charge in [-0.25, -0.2) is 4.98 Å². The Balaban J connectivity index is 1.48. The van der Waals surface area contributed by atoms with Gasteiger partial charge in [0.05, 0.1) is 12.2 Å². The Morgan fingerprint density at radius 1 is 1.27 bits per heavy atom. The lowest BCUT2D eigenvalue weighted by Crippen LogP contribution is -2.44. The van der Waals surface area contributed by atoms with E-state index in [1.807, 2.05) is 0 Å². The van der Waals surface area contributed by atoms with Crippen LogP contribution in [0.25, 0.3) is 10.9 Å². The summed E-state index contributed by atoms with van der Waals surface area (Å²) in [5.41, 5.74) is 9.84. The van der Waals surface area contributed by atoms with Gasteiger partial charge in [-0.15, -0.1) is 0 Å². The number of ether oxygens (including phenoxy) is 1. The molecule has 5 rings (SSSR count). The zero-order valence-corrected chi connectivity index (χ0v) is 19.6. The Kier molecular flexibility index (Phi) is 6.51. The first-order valence-corrected chi connectivity index (χ1v) is 12.4. The van der Waals surface area contributed by atoms with Crippen LogP contribution in [0.5, 0.6) is 0 Å². The highest BCUT2D eigenvalue weighted by Crippen LogP contribution is 2.34. The van der Waals surface area contributed by atoms with E-state index in [2.05, 4.69) is 51.8 Å². The van der Waals surface area contributed by atoms with Crippen molar-refractivity contribution in [3.8, 4) is 0 Å². The zero-order valence-electron chi connectivity index (χ0n) is 19.6. The van der Waals surface area contributed by atoms with E-state index in [9.17, 15) is 4.79 Å². The Morgan fingerprint density at radius 2 is 2.09 bits per heavy atom. The van der Waals surface area contributed by atoms with Crippen LogP contribution in [0.4, 0.5) is 0 Å². The molecule has 1 fully saturated rings. The lowest BCUT2D eigenvalue weighted by molar-refractivity contribution is 0.0232. The molecule has 3 aromatic rings. The first kappa shape index (κ1) is 22.2. The number of para-hydroxylation sites is 1. The Hall–Kier alpha value is -2.64. The van der Waals surface area contributed by atoms with E-state index in [4.69, 9.17) is 15.5 Å². The molecular weight excluding hydrogens is 414 g/mol. The van der Waals surface area contributed by atoms with Crippen LogP contribution < -0.4 is 5.73 Å². The quantitative estimate of drug-likeness (QED) is 0.544. The van der Waals surface area contributed by atoms with Crippen molar-refractivity contribution in [3.05, 3.63) is 53.2 Å². The van der Waals surface area contributed by atoms with Gasteiger partial charge in [-0.3, -0.25) is 9.69 Å². The minimum absolute atomic E-state index is 0.211. The Bertz CT molecular complexity index is 1110. The smallest absolute Gasteiger partial charge is 0.269 e. The van der Waals surface area contributed by atoms with Crippen molar-refractivity contribution in [3.63, 3.8) is 0 Å². The number of primary amides is 1. The molecule has 1 amide bonds. The van der Waals surface area contributed by atoms with Crippen LogP contribution in [0.15, 0.2) is 30.5 Å². The number of aromatic nitrogens is 3. The SMILES string of the molecule is CCCCC(Cc1c[nH]c2ccccc12)c1c(C(N)=O)nc2n1CCN(C1CCOCC1)C2. The molecular formula is C26H35N5O2. The van der Waals surface area contributed by atoms with Crippen LogP contribution in [0, 0.1) is 0 Å². The number of imidazole rings is 1. The van der Waals surface area contributed by atoms with Crippen molar-refractivity contribution < 1.29 is 9.53 Å². The number of carbonyl (C=O) groups is 1. The average molecular weight is 450 g/mol. The number of hydrogen-bond acceptors (Lipinski definition) is 4. The molecule has 2 aromatic heterocycles. The maximum absolute atomic E-state index is 12.5. The normalized spacial score (nSPS) is 18.5. The van der Waals surface area contributed by atoms with Gasteiger partial charge in [0.1, 0.15) is 11.5 Å². The van der Waals surface area contributed by atoms with E-state index in [0.29, 0.717) is 11.7 Å². The summed E-state index contributed by atoms with van der Waals surface area (Å²) >= 11 is 0. The fourth-order valence-electron chi connectivity index (χ4n) is 5.68. The highest BCUT2D eigenvalue weighted by molar-refractivity contribution is 5.92. The molecule has 0 saturated carbocycles. The molecule has 2 aliphatic heterocycles. The van der Waals surface area contributed by atoms with Gasteiger partial charge in [0.2, 0.25) is 0 Å². The van der Waals surface area contributed by atoms with Gasteiger partial charge in [-0.05, 0) is 37.3 Å². The summed E-state index contributed by atoms with van der Waals surface area (Å²) in [5, 5.41) is 1.25. The first-order chi connectivity index (χ1) is 16.2. The van der Waals surface area contributed by atoms with E-state index in [-0.39, 0.29) is 5.92 Å². The minimum Gasteiger partial charge on any atom is -0.381 e. The van der Waals surface area contributed by atoms with Crippen molar-refractivity contribution >= 4 is 16.8 Å². The summed E-state index contributed by atoms with van der Waals surface area (Å²) in [5.74, 6) is 0.782. The number of nitrogens with zero attached hydrogens (tertiary/aromatic N) is 3. The van der Waals surface area contributed by atoms with E-state index < -0.39 is 5.91 Å². The molecule has 0 spiro atoms. The number of rotatable bonds is 8. The molecule has 0 radical (unpaired) electrons. The van der Waals surface area contributed by atoms with Crippen molar-refractivity contribution in [2.24, 2.45) is 5.73 Å². The Morgan fingerprint density at radius 3 is 2.88 bits per heavy atom. The summed E-state index contributed by atoms with van der Waals surface area (Å²) in [6, 6.07) is 8.96. The number of aromatic amines is 1. The molecule has 2 aliphatic rings. The fourth-order valence-corrected chi connectivity index (χ4v) is 5.68. The summed E-state index contributed by atoms with van der Waals surface area (Å²) in [6.07, 6.45) is 8.37. The van der Waals surface area contributed by atoms with Crippen molar-refractivity contribution in [2.45, 2.75) is 70.5 Å². The second kappa shape index (κ2) is 9.69. The molecule has 3 N–H and O–H groups in total. The highest BCUT2D eigenvalue weighted by Gasteiger charge is 2.32. The molecule has 4 heterocycles. The number of nitrogens with one attached hydrogen (secondary N) is 1. The van der Waals surface area contributed by atoms with Crippen LogP contribution in [0.2, 0.25) is 0 Å². The molecule has 1 aromatic carbocycles. The minimum atomic E-state index is -0.412.